The maximum absolute atomic E-state index is 13.6. The second-order valence-electron chi connectivity index (χ2n) is 5.43. The Labute approximate surface area is 159 Å². The predicted octanol–water partition coefficient (Wildman–Crippen LogP) is 5.66. The Kier molecular flexibility index (Phi) is 5.51. The Bertz CT molecular complexity index is 846. The molecule has 8 heteroatoms. The average molecular weight is 398 g/mol. The molecule has 0 bridgehead atoms. The Morgan fingerprint density at radius 1 is 1.28 bits per heavy atom. The van der Waals surface area contributed by atoms with E-state index in [1.165, 1.54) is 28.8 Å². The number of hydrogen-bond acceptors (Lipinski definition) is 3. The molecule has 0 saturated carbocycles. The zero-order valence-electron chi connectivity index (χ0n) is 13.2. The number of urea groups is 1. The van der Waals surface area contributed by atoms with Crippen LogP contribution in [0.25, 0.3) is 0 Å². The van der Waals surface area contributed by atoms with Crippen LogP contribution in [0.5, 0.6) is 0 Å². The highest BCUT2D eigenvalue weighted by Crippen LogP contribution is 2.29. The number of thioether (sulfide) groups is 1. The van der Waals surface area contributed by atoms with Gasteiger partial charge in [0.05, 0.1) is 22.3 Å². The van der Waals surface area contributed by atoms with E-state index < -0.39 is 11.8 Å². The molecule has 25 heavy (non-hydrogen) atoms. The van der Waals surface area contributed by atoms with Gasteiger partial charge in [-0.3, -0.25) is 4.99 Å². The van der Waals surface area contributed by atoms with Crippen LogP contribution in [0.4, 0.5) is 20.6 Å². The summed E-state index contributed by atoms with van der Waals surface area (Å²) in [4.78, 5) is 18.6. The van der Waals surface area contributed by atoms with Crippen molar-refractivity contribution in [1.82, 2.24) is 0 Å². The molecule has 0 aromatic heterocycles. The lowest BCUT2D eigenvalue weighted by Crippen LogP contribution is -2.38. The first-order valence-electron chi connectivity index (χ1n) is 7.47. The molecule has 1 heterocycles. The highest BCUT2D eigenvalue weighted by molar-refractivity contribution is 8.15. The quantitative estimate of drug-likeness (QED) is 0.709. The predicted molar refractivity (Wildman–Crippen MR) is 104 cm³/mol. The minimum absolute atomic E-state index is 0.254. The number of carbonyl (C=O) groups excluding carboxylic acids is 1. The van der Waals surface area contributed by atoms with E-state index in [4.69, 9.17) is 23.2 Å². The molecule has 0 spiro atoms. The van der Waals surface area contributed by atoms with Crippen LogP contribution in [-0.4, -0.2) is 23.0 Å². The second-order valence-corrected chi connectivity index (χ2v) is 7.65. The molecule has 2 amide bonds. The minimum Gasteiger partial charge on any atom is -0.307 e. The molecule has 3 rings (SSSR count). The number of rotatable bonds is 2. The van der Waals surface area contributed by atoms with Crippen molar-refractivity contribution in [3.8, 4) is 0 Å². The molecule has 1 N–H and O–H groups in total. The largest absolute Gasteiger partial charge is 0.332 e. The van der Waals surface area contributed by atoms with E-state index in [1.54, 1.807) is 30.3 Å². The third-order valence-electron chi connectivity index (χ3n) is 3.42. The summed E-state index contributed by atoms with van der Waals surface area (Å²) in [5.41, 5.74) is 0.885. The van der Waals surface area contributed by atoms with Crippen molar-refractivity contribution in [1.29, 1.82) is 0 Å². The van der Waals surface area contributed by atoms with E-state index in [0.29, 0.717) is 33.1 Å². The van der Waals surface area contributed by atoms with Crippen LogP contribution in [0, 0.1) is 5.82 Å². The number of aliphatic imine (C=N–C) groups is 1. The van der Waals surface area contributed by atoms with Crippen LogP contribution in [0.1, 0.15) is 6.92 Å². The second kappa shape index (κ2) is 7.64. The summed E-state index contributed by atoms with van der Waals surface area (Å²) < 4.78 is 13.6. The van der Waals surface area contributed by atoms with Gasteiger partial charge < -0.3 is 5.32 Å². The molecule has 0 aliphatic carbocycles. The van der Waals surface area contributed by atoms with Crippen LogP contribution < -0.4 is 10.2 Å². The minimum atomic E-state index is -0.454. The molecular formula is C17H14Cl2FN3OS. The fourth-order valence-electron chi connectivity index (χ4n) is 2.27. The first-order valence-corrected chi connectivity index (χ1v) is 9.10. The summed E-state index contributed by atoms with van der Waals surface area (Å²) in [6.45, 7) is 2.62. The van der Waals surface area contributed by atoms with Crippen LogP contribution in [0.3, 0.4) is 0 Å². The van der Waals surface area contributed by atoms with Gasteiger partial charge in [-0.1, -0.05) is 48.0 Å². The van der Waals surface area contributed by atoms with Gasteiger partial charge in [0.15, 0.2) is 5.17 Å². The zero-order chi connectivity index (χ0) is 18.0. The molecule has 1 atom stereocenters. The van der Waals surface area contributed by atoms with Gasteiger partial charge in [0.1, 0.15) is 5.82 Å². The van der Waals surface area contributed by atoms with Crippen molar-refractivity contribution in [2.75, 3.05) is 16.8 Å². The van der Waals surface area contributed by atoms with Gasteiger partial charge in [0, 0.05) is 10.9 Å². The van der Waals surface area contributed by atoms with Crippen molar-refractivity contribution >= 4 is 57.5 Å². The molecule has 0 radical (unpaired) electrons. The molecule has 2 aromatic rings. The number of benzene rings is 2. The Morgan fingerprint density at radius 2 is 2.08 bits per heavy atom. The van der Waals surface area contributed by atoms with E-state index in [1.807, 2.05) is 6.92 Å². The third kappa shape index (κ3) is 4.26. The Hall–Kier alpha value is -1.76. The number of anilines is 2. The number of nitrogens with zero attached hydrogens (tertiary/aromatic N) is 2. The van der Waals surface area contributed by atoms with Crippen LogP contribution in [0.2, 0.25) is 10.0 Å². The third-order valence-corrected chi connectivity index (χ3v) is 5.23. The number of nitrogens with one attached hydrogen (secondary N) is 1. The number of hydrogen-bond donors (Lipinski definition) is 1. The molecule has 130 valence electrons. The zero-order valence-corrected chi connectivity index (χ0v) is 15.5. The first-order chi connectivity index (χ1) is 11.9. The lowest BCUT2D eigenvalue weighted by molar-refractivity contribution is 0.259. The summed E-state index contributed by atoms with van der Waals surface area (Å²) in [5, 5.41) is 4.25. The van der Waals surface area contributed by atoms with Gasteiger partial charge in [-0.25, -0.2) is 14.1 Å². The number of carbonyl (C=O) groups is 1. The highest BCUT2D eigenvalue weighted by atomic mass is 35.5. The smallest absolute Gasteiger partial charge is 0.307 e. The lowest BCUT2D eigenvalue weighted by Gasteiger charge is -2.23. The monoisotopic (exact) mass is 397 g/mol. The molecule has 0 unspecified atom stereocenters. The Balaban J connectivity index is 1.90. The van der Waals surface area contributed by atoms with Gasteiger partial charge in [0.25, 0.3) is 0 Å². The molecular weight excluding hydrogens is 384 g/mol. The molecule has 2 aromatic carbocycles. The van der Waals surface area contributed by atoms with Gasteiger partial charge in [-0.2, -0.15) is 0 Å². The van der Waals surface area contributed by atoms with E-state index in [9.17, 15) is 9.18 Å². The SMILES string of the molecule is C[C@H]1CN=C(N(C(=O)Nc2ccc(Cl)c(Cl)c2)c2cccc(F)c2)S1. The van der Waals surface area contributed by atoms with Crippen molar-refractivity contribution in [3.63, 3.8) is 0 Å². The standard InChI is InChI=1S/C17H14Cl2FN3OS/c1-10-9-21-17(25-10)23(13-4-2-3-11(20)7-13)16(24)22-12-5-6-14(18)15(19)8-12/h2-8,10H,9H2,1H3,(H,22,24)/t10-/m0/s1. The fourth-order valence-corrected chi connectivity index (χ4v) is 3.52. The van der Waals surface area contributed by atoms with Crippen LogP contribution in [-0.2, 0) is 0 Å². The van der Waals surface area contributed by atoms with Crippen LogP contribution in [0.15, 0.2) is 47.5 Å². The van der Waals surface area contributed by atoms with E-state index in [-0.39, 0.29) is 5.25 Å². The maximum atomic E-state index is 13.6. The van der Waals surface area contributed by atoms with Gasteiger partial charge in [0.2, 0.25) is 0 Å². The van der Waals surface area contributed by atoms with E-state index in [0.717, 1.165) is 0 Å². The maximum Gasteiger partial charge on any atom is 0.332 e. The summed E-state index contributed by atoms with van der Waals surface area (Å²) in [7, 11) is 0. The van der Waals surface area contributed by atoms with Crippen LogP contribution >= 0.6 is 35.0 Å². The van der Waals surface area contributed by atoms with E-state index in [2.05, 4.69) is 10.3 Å². The lowest BCUT2D eigenvalue weighted by atomic mass is 10.3. The molecule has 4 nitrogen and oxygen atoms in total. The summed E-state index contributed by atoms with van der Waals surface area (Å²) >= 11 is 13.3. The van der Waals surface area contributed by atoms with Gasteiger partial charge in [-0.15, -0.1) is 0 Å². The summed E-state index contributed by atoms with van der Waals surface area (Å²) in [5.74, 6) is -0.429. The summed E-state index contributed by atoms with van der Waals surface area (Å²) in [6.07, 6.45) is 0. The molecule has 1 aliphatic rings. The first kappa shape index (κ1) is 18.0. The Morgan fingerprint density at radius 3 is 2.72 bits per heavy atom. The number of amides is 2. The highest BCUT2D eigenvalue weighted by Gasteiger charge is 2.27. The van der Waals surface area contributed by atoms with Crippen molar-refractivity contribution in [2.45, 2.75) is 12.2 Å². The van der Waals surface area contributed by atoms with Gasteiger partial charge in [-0.05, 0) is 36.4 Å². The number of amidine groups is 1. The average Bonchev–Trinajstić information content (AvgIpc) is 2.97. The molecule has 1 aliphatic heterocycles. The van der Waals surface area contributed by atoms with Crippen molar-refractivity contribution in [2.24, 2.45) is 4.99 Å². The molecule has 0 fully saturated rings. The number of halogens is 3. The van der Waals surface area contributed by atoms with Gasteiger partial charge >= 0.3 is 6.03 Å². The summed E-state index contributed by atoms with van der Waals surface area (Å²) in [6, 6.07) is 10.2. The topological polar surface area (TPSA) is 44.7 Å². The normalized spacial score (nSPS) is 16.5. The van der Waals surface area contributed by atoms with Crippen molar-refractivity contribution < 1.29 is 9.18 Å². The van der Waals surface area contributed by atoms with Crippen molar-refractivity contribution in [3.05, 3.63) is 58.3 Å². The van der Waals surface area contributed by atoms with E-state index >= 15 is 0 Å². The molecule has 0 saturated heterocycles. The fraction of sp³-hybridized carbons (Fsp3) is 0.176.